The molecule has 2 amide bonds. The third kappa shape index (κ3) is 7.21. The molecule has 0 radical (unpaired) electrons. The van der Waals surface area contributed by atoms with Crippen LogP contribution in [0.25, 0.3) is 10.6 Å². The van der Waals surface area contributed by atoms with Gasteiger partial charge in [-0.2, -0.15) is 0 Å². The number of benzene rings is 2. The van der Waals surface area contributed by atoms with Gasteiger partial charge in [-0.25, -0.2) is 0 Å². The molecule has 6 nitrogen and oxygen atoms in total. The van der Waals surface area contributed by atoms with Crippen LogP contribution in [0.3, 0.4) is 0 Å². The second-order valence-corrected chi connectivity index (χ2v) is 10.3. The van der Waals surface area contributed by atoms with Crippen LogP contribution in [0.1, 0.15) is 62.4 Å². The van der Waals surface area contributed by atoms with E-state index in [1.165, 1.54) is 29.7 Å². The molecule has 0 aliphatic heterocycles. The molecule has 0 saturated carbocycles. The maximum Gasteiger partial charge on any atom is 0.251 e. The number of aryl methyl sites for hydroxylation is 1. The van der Waals surface area contributed by atoms with Gasteiger partial charge in [0, 0.05) is 15.6 Å². The highest BCUT2D eigenvalue weighted by atomic mass is 79.9. The summed E-state index contributed by atoms with van der Waals surface area (Å²) in [6, 6.07) is 14.7. The maximum absolute atomic E-state index is 13.1. The molecule has 0 fully saturated rings. The third-order valence-electron chi connectivity index (χ3n) is 5.79. The van der Waals surface area contributed by atoms with Crippen molar-refractivity contribution in [3.8, 4) is 10.6 Å². The van der Waals surface area contributed by atoms with Gasteiger partial charge in [-0.15, -0.1) is 10.2 Å². The summed E-state index contributed by atoms with van der Waals surface area (Å²) in [5.74, 6) is -0.599. The second kappa shape index (κ2) is 12.8. The van der Waals surface area contributed by atoms with E-state index in [4.69, 9.17) is 0 Å². The molecule has 3 rings (SSSR count). The van der Waals surface area contributed by atoms with Crippen LogP contribution in [0.15, 0.2) is 53.0 Å². The van der Waals surface area contributed by atoms with Crippen LogP contribution in [-0.2, 0) is 11.2 Å². The fourth-order valence-electron chi connectivity index (χ4n) is 3.52. The summed E-state index contributed by atoms with van der Waals surface area (Å²) in [7, 11) is 0. The average molecular weight is 544 g/mol. The molecule has 0 bridgehead atoms. The number of halogens is 1. The average Bonchev–Trinajstić information content (AvgIpc) is 3.31. The first-order chi connectivity index (χ1) is 16.4. The predicted molar refractivity (Wildman–Crippen MR) is 142 cm³/mol. The number of hydrogen-bond donors (Lipinski definition) is 2. The van der Waals surface area contributed by atoms with Crippen molar-refractivity contribution in [1.82, 2.24) is 15.5 Å². The molecule has 8 heteroatoms. The molecule has 0 aliphatic carbocycles. The van der Waals surface area contributed by atoms with Gasteiger partial charge in [0.2, 0.25) is 11.0 Å². The van der Waals surface area contributed by atoms with E-state index in [1.807, 2.05) is 62.4 Å². The molecule has 0 saturated heterocycles. The van der Waals surface area contributed by atoms with Gasteiger partial charge in [0.1, 0.15) is 11.0 Å². The van der Waals surface area contributed by atoms with E-state index in [0.717, 1.165) is 29.3 Å². The molecule has 180 valence electrons. The lowest BCUT2D eigenvalue weighted by Gasteiger charge is -2.23. The van der Waals surface area contributed by atoms with Gasteiger partial charge >= 0.3 is 0 Å². The lowest BCUT2D eigenvalue weighted by molar-refractivity contribution is -0.119. The highest BCUT2D eigenvalue weighted by Crippen LogP contribution is 2.28. The number of nitrogens with one attached hydrogen (secondary N) is 2. The summed E-state index contributed by atoms with van der Waals surface area (Å²) in [6.07, 6.45) is 5.29. The Morgan fingerprint density at radius 1 is 1.06 bits per heavy atom. The van der Waals surface area contributed by atoms with Crippen LogP contribution < -0.4 is 10.6 Å². The molecule has 34 heavy (non-hydrogen) atoms. The lowest BCUT2D eigenvalue weighted by Crippen LogP contribution is -2.47. The van der Waals surface area contributed by atoms with Gasteiger partial charge in [0.15, 0.2) is 0 Å². The Hall–Kier alpha value is -2.58. The Morgan fingerprint density at radius 3 is 2.50 bits per heavy atom. The van der Waals surface area contributed by atoms with E-state index in [1.54, 1.807) is 0 Å². The van der Waals surface area contributed by atoms with Gasteiger partial charge in [-0.05, 0) is 48.6 Å². The van der Waals surface area contributed by atoms with Gasteiger partial charge in [-0.1, -0.05) is 91.6 Å². The van der Waals surface area contributed by atoms with Crippen molar-refractivity contribution < 1.29 is 9.59 Å². The minimum Gasteiger partial charge on any atom is -0.340 e. The van der Waals surface area contributed by atoms with Crippen LogP contribution in [0.2, 0.25) is 0 Å². The number of nitrogens with zero attached hydrogens (tertiary/aromatic N) is 2. The quantitative estimate of drug-likeness (QED) is 0.271. The van der Waals surface area contributed by atoms with E-state index in [0.29, 0.717) is 15.7 Å². The fraction of sp³-hybridized carbons (Fsp3) is 0.385. The van der Waals surface area contributed by atoms with Gasteiger partial charge in [-0.3, -0.25) is 14.9 Å². The Morgan fingerprint density at radius 2 is 1.82 bits per heavy atom. The Labute approximate surface area is 213 Å². The largest absolute Gasteiger partial charge is 0.340 e. The van der Waals surface area contributed by atoms with E-state index in [9.17, 15) is 9.59 Å². The normalized spacial score (nSPS) is 12.7. The van der Waals surface area contributed by atoms with Crippen LogP contribution in [-0.4, -0.2) is 28.1 Å². The minimum absolute atomic E-state index is 0.0465. The first-order valence-electron chi connectivity index (χ1n) is 11.7. The number of hydrogen-bond acceptors (Lipinski definition) is 5. The summed E-state index contributed by atoms with van der Waals surface area (Å²) >= 11 is 4.75. The Balaban J connectivity index is 1.66. The highest BCUT2D eigenvalue weighted by Gasteiger charge is 2.27. The zero-order valence-electron chi connectivity index (χ0n) is 19.8. The van der Waals surface area contributed by atoms with Crippen LogP contribution >= 0.6 is 27.3 Å². The zero-order chi connectivity index (χ0) is 24.5. The second-order valence-electron chi connectivity index (χ2n) is 8.40. The van der Waals surface area contributed by atoms with E-state index >= 15 is 0 Å². The zero-order valence-corrected chi connectivity index (χ0v) is 22.2. The molecule has 2 unspecified atom stereocenters. The van der Waals surface area contributed by atoms with Crippen molar-refractivity contribution in [2.75, 3.05) is 5.32 Å². The number of amides is 2. The fourth-order valence-corrected chi connectivity index (χ4v) is 4.67. The molecule has 0 spiro atoms. The monoisotopic (exact) mass is 542 g/mol. The Kier molecular flexibility index (Phi) is 9.77. The molecular weight excluding hydrogens is 512 g/mol. The summed E-state index contributed by atoms with van der Waals surface area (Å²) < 4.78 is 0.944. The number of anilines is 1. The first-order valence-corrected chi connectivity index (χ1v) is 13.3. The van der Waals surface area contributed by atoms with Crippen molar-refractivity contribution in [1.29, 1.82) is 0 Å². The number of rotatable bonds is 11. The maximum atomic E-state index is 13.1. The molecule has 2 aromatic carbocycles. The highest BCUT2D eigenvalue weighted by molar-refractivity contribution is 9.10. The summed E-state index contributed by atoms with van der Waals surface area (Å²) in [5.41, 5.74) is 2.68. The number of aromatic nitrogens is 2. The van der Waals surface area contributed by atoms with Crippen molar-refractivity contribution in [3.63, 3.8) is 0 Å². The van der Waals surface area contributed by atoms with Crippen LogP contribution in [0, 0.1) is 5.92 Å². The topological polar surface area (TPSA) is 84.0 Å². The van der Waals surface area contributed by atoms with Crippen molar-refractivity contribution in [3.05, 3.63) is 64.1 Å². The first kappa shape index (κ1) is 26.0. The number of carbonyl (C=O) groups is 2. The number of carbonyl (C=O) groups excluding carboxylic acids is 2. The molecular formula is C26H31BrN4O2S. The van der Waals surface area contributed by atoms with Crippen LogP contribution in [0.5, 0.6) is 0 Å². The molecule has 1 heterocycles. The van der Waals surface area contributed by atoms with Crippen molar-refractivity contribution >= 4 is 44.2 Å². The van der Waals surface area contributed by atoms with Crippen molar-refractivity contribution in [2.45, 2.75) is 58.9 Å². The van der Waals surface area contributed by atoms with Crippen molar-refractivity contribution in [2.24, 2.45) is 5.92 Å². The smallest absolute Gasteiger partial charge is 0.251 e. The summed E-state index contributed by atoms with van der Waals surface area (Å²) in [5, 5.41) is 15.2. The molecule has 1 aromatic heterocycles. The SMILES string of the molecule is CCCCCc1ccc(C(=O)NC(C(=O)Nc2nnc(-c3cccc(Br)c3)s2)C(C)CC)cc1. The third-order valence-corrected chi connectivity index (χ3v) is 7.17. The minimum atomic E-state index is -0.681. The van der Waals surface area contributed by atoms with Gasteiger partial charge in [0.25, 0.3) is 5.91 Å². The Bertz CT molecular complexity index is 1100. The molecule has 3 aromatic rings. The van der Waals surface area contributed by atoms with E-state index in [2.05, 4.69) is 43.7 Å². The lowest BCUT2D eigenvalue weighted by atomic mass is 9.97. The molecule has 2 N–H and O–H groups in total. The number of unbranched alkanes of at least 4 members (excludes halogenated alkanes) is 2. The summed E-state index contributed by atoms with van der Waals surface area (Å²) in [4.78, 5) is 26.0. The van der Waals surface area contributed by atoms with Gasteiger partial charge in [0.05, 0.1) is 0 Å². The molecule has 2 atom stereocenters. The molecule has 0 aliphatic rings. The van der Waals surface area contributed by atoms with Crippen LogP contribution in [0.4, 0.5) is 5.13 Å². The van der Waals surface area contributed by atoms with E-state index < -0.39 is 6.04 Å². The summed E-state index contributed by atoms with van der Waals surface area (Å²) in [6.45, 7) is 6.14. The standard InChI is InChI=1S/C26H31BrN4O2S/c1-4-6-7-9-18-12-14-19(15-13-18)23(32)28-22(17(3)5-2)24(33)29-26-31-30-25(34-26)20-10-8-11-21(27)16-20/h8,10-17,22H,4-7,9H2,1-3H3,(H,28,32)(H,29,31,33). The predicted octanol–water partition coefficient (Wildman–Crippen LogP) is 6.48. The van der Waals surface area contributed by atoms with Gasteiger partial charge < -0.3 is 5.32 Å². The van der Waals surface area contributed by atoms with E-state index in [-0.39, 0.29) is 17.7 Å².